The number of benzene rings is 2. The lowest BCUT2D eigenvalue weighted by Crippen LogP contribution is -2.36. The molecular formula is C20H21FN2O2. The van der Waals surface area contributed by atoms with Gasteiger partial charge in [0.25, 0.3) is 0 Å². The van der Waals surface area contributed by atoms with E-state index < -0.39 is 0 Å². The van der Waals surface area contributed by atoms with E-state index in [0.717, 1.165) is 11.1 Å². The fourth-order valence-corrected chi connectivity index (χ4v) is 2.89. The Morgan fingerprint density at radius 3 is 2.76 bits per heavy atom. The molecule has 0 aromatic heterocycles. The molecule has 0 N–H and O–H groups in total. The number of nitrogens with zero attached hydrogens (tertiary/aromatic N) is 2. The molecule has 0 aliphatic carbocycles. The highest BCUT2D eigenvalue weighted by Gasteiger charge is 2.26. The summed E-state index contributed by atoms with van der Waals surface area (Å²) in [6, 6.07) is 16.2. The van der Waals surface area contributed by atoms with Gasteiger partial charge in [0, 0.05) is 24.9 Å². The van der Waals surface area contributed by atoms with Gasteiger partial charge in [-0.05, 0) is 17.7 Å². The minimum absolute atomic E-state index is 0.0756. The molecule has 0 spiro atoms. The highest BCUT2D eigenvalue weighted by molar-refractivity contribution is 6.01. The zero-order valence-corrected chi connectivity index (χ0v) is 14.2. The van der Waals surface area contributed by atoms with E-state index in [4.69, 9.17) is 4.84 Å². The van der Waals surface area contributed by atoms with Gasteiger partial charge in [-0.2, -0.15) is 0 Å². The van der Waals surface area contributed by atoms with Crippen molar-refractivity contribution in [1.29, 1.82) is 0 Å². The van der Waals surface area contributed by atoms with Crippen molar-refractivity contribution in [2.24, 2.45) is 5.16 Å². The Labute approximate surface area is 146 Å². The smallest absolute Gasteiger partial charge is 0.222 e. The Kier molecular flexibility index (Phi) is 5.43. The first-order valence-electron chi connectivity index (χ1n) is 8.46. The molecule has 25 heavy (non-hydrogen) atoms. The third-order valence-corrected chi connectivity index (χ3v) is 4.19. The molecule has 130 valence electrons. The molecule has 0 fully saturated rings. The molecule has 1 heterocycles. The highest BCUT2D eigenvalue weighted by atomic mass is 19.1. The van der Waals surface area contributed by atoms with Crippen LogP contribution >= 0.6 is 0 Å². The van der Waals surface area contributed by atoms with Crippen molar-refractivity contribution >= 4 is 11.6 Å². The van der Waals surface area contributed by atoms with Crippen LogP contribution in [0.25, 0.3) is 0 Å². The average Bonchev–Trinajstić information content (AvgIpc) is 3.10. The summed E-state index contributed by atoms with van der Waals surface area (Å²) < 4.78 is 13.4. The number of hydrogen-bond acceptors (Lipinski definition) is 3. The van der Waals surface area contributed by atoms with E-state index in [0.29, 0.717) is 31.6 Å². The molecule has 0 radical (unpaired) electrons. The predicted molar refractivity (Wildman–Crippen MR) is 94.6 cm³/mol. The summed E-state index contributed by atoms with van der Waals surface area (Å²) in [5, 5.41) is 4.09. The molecule has 2 aromatic carbocycles. The van der Waals surface area contributed by atoms with Crippen LogP contribution in [0.4, 0.5) is 4.39 Å². The lowest BCUT2D eigenvalue weighted by atomic mass is 10.0. The molecule has 0 bridgehead atoms. The highest BCUT2D eigenvalue weighted by Crippen LogP contribution is 2.19. The summed E-state index contributed by atoms with van der Waals surface area (Å²) in [7, 11) is 0. The number of oxime groups is 1. The Hall–Kier alpha value is -2.69. The third-order valence-electron chi connectivity index (χ3n) is 4.19. The number of carbonyl (C=O) groups is 1. The summed E-state index contributed by atoms with van der Waals surface area (Å²) in [5.41, 5.74) is 2.51. The lowest BCUT2D eigenvalue weighted by molar-refractivity contribution is -0.133. The largest absolute Gasteiger partial charge is 0.390 e. The van der Waals surface area contributed by atoms with Crippen molar-refractivity contribution < 1.29 is 14.0 Å². The van der Waals surface area contributed by atoms with Crippen LogP contribution in [0.3, 0.4) is 0 Å². The first-order chi connectivity index (χ1) is 12.2. The van der Waals surface area contributed by atoms with Gasteiger partial charge in [-0.1, -0.05) is 54.5 Å². The first kappa shape index (κ1) is 17.1. The summed E-state index contributed by atoms with van der Waals surface area (Å²) >= 11 is 0. The standard InChI is InChI=1S/C20H21FN2O2/c1-2-20(24)23(13-15-7-4-3-5-8-15)14-18-12-19(22-25-18)16-9-6-10-17(21)11-16/h3-11,18H,2,12-14H2,1H3/t18-/m0/s1. The van der Waals surface area contributed by atoms with Gasteiger partial charge in [-0.3, -0.25) is 4.79 Å². The molecule has 1 atom stereocenters. The Morgan fingerprint density at radius 2 is 2.04 bits per heavy atom. The molecule has 3 rings (SSSR count). The van der Waals surface area contributed by atoms with E-state index >= 15 is 0 Å². The Bertz CT molecular complexity index is 761. The third kappa shape index (κ3) is 4.44. The van der Waals surface area contributed by atoms with Gasteiger partial charge >= 0.3 is 0 Å². The number of rotatable bonds is 6. The van der Waals surface area contributed by atoms with Crippen molar-refractivity contribution in [3.8, 4) is 0 Å². The van der Waals surface area contributed by atoms with Crippen LogP contribution < -0.4 is 0 Å². The zero-order chi connectivity index (χ0) is 17.6. The average molecular weight is 340 g/mol. The normalized spacial score (nSPS) is 16.2. The van der Waals surface area contributed by atoms with Crippen LogP contribution in [0.15, 0.2) is 59.8 Å². The van der Waals surface area contributed by atoms with Crippen molar-refractivity contribution in [2.45, 2.75) is 32.4 Å². The maximum atomic E-state index is 13.4. The molecule has 0 saturated heterocycles. The number of hydrogen-bond donors (Lipinski definition) is 0. The predicted octanol–water partition coefficient (Wildman–Crippen LogP) is 3.76. The SMILES string of the molecule is CCC(=O)N(Cc1ccccc1)C[C@@H]1CC(c2cccc(F)c2)=NO1. The van der Waals surface area contributed by atoms with Gasteiger partial charge in [0.05, 0.1) is 12.3 Å². The maximum absolute atomic E-state index is 13.4. The molecule has 2 aromatic rings. The second-order valence-corrected chi connectivity index (χ2v) is 6.09. The molecule has 1 amide bonds. The summed E-state index contributed by atoms with van der Waals surface area (Å²) in [4.78, 5) is 19.6. The van der Waals surface area contributed by atoms with E-state index in [1.165, 1.54) is 12.1 Å². The molecule has 1 aliphatic heterocycles. The van der Waals surface area contributed by atoms with Gasteiger partial charge in [-0.15, -0.1) is 0 Å². The van der Waals surface area contributed by atoms with Crippen LogP contribution in [0.1, 0.15) is 30.9 Å². The lowest BCUT2D eigenvalue weighted by Gasteiger charge is -2.24. The van der Waals surface area contributed by atoms with Crippen LogP contribution in [-0.2, 0) is 16.2 Å². The van der Waals surface area contributed by atoms with E-state index in [2.05, 4.69) is 5.16 Å². The summed E-state index contributed by atoms with van der Waals surface area (Å²) in [6.45, 7) is 2.86. The molecule has 0 unspecified atom stereocenters. The molecule has 5 heteroatoms. The minimum atomic E-state index is -0.296. The fourth-order valence-electron chi connectivity index (χ4n) is 2.89. The van der Waals surface area contributed by atoms with E-state index in [1.54, 1.807) is 11.0 Å². The monoisotopic (exact) mass is 340 g/mol. The van der Waals surface area contributed by atoms with Crippen LogP contribution in [0.5, 0.6) is 0 Å². The van der Waals surface area contributed by atoms with Crippen molar-refractivity contribution in [3.63, 3.8) is 0 Å². The van der Waals surface area contributed by atoms with Crippen LogP contribution in [0.2, 0.25) is 0 Å². The zero-order valence-electron chi connectivity index (χ0n) is 14.2. The van der Waals surface area contributed by atoms with Crippen molar-refractivity contribution in [3.05, 3.63) is 71.5 Å². The molecular weight excluding hydrogens is 319 g/mol. The van der Waals surface area contributed by atoms with Crippen LogP contribution in [-0.4, -0.2) is 29.2 Å². The second kappa shape index (κ2) is 7.92. The number of amides is 1. The minimum Gasteiger partial charge on any atom is -0.390 e. The van der Waals surface area contributed by atoms with Crippen LogP contribution in [0, 0.1) is 5.82 Å². The van der Waals surface area contributed by atoms with Gasteiger partial charge in [0.2, 0.25) is 5.91 Å². The van der Waals surface area contributed by atoms with Gasteiger partial charge in [-0.25, -0.2) is 4.39 Å². The fraction of sp³-hybridized carbons (Fsp3) is 0.300. The molecule has 1 aliphatic rings. The summed E-state index contributed by atoms with van der Waals surface area (Å²) in [5.74, 6) is -0.220. The van der Waals surface area contributed by atoms with Crippen molar-refractivity contribution in [1.82, 2.24) is 4.90 Å². The maximum Gasteiger partial charge on any atom is 0.222 e. The second-order valence-electron chi connectivity index (χ2n) is 6.09. The Balaban J connectivity index is 1.64. The topological polar surface area (TPSA) is 41.9 Å². The number of halogens is 1. The molecule has 4 nitrogen and oxygen atoms in total. The van der Waals surface area contributed by atoms with E-state index in [-0.39, 0.29) is 17.8 Å². The van der Waals surface area contributed by atoms with Gasteiger partial charge < -0.3 is 9.74 Å². The van der Waals surface area contributed by atoms with Gasteiger partial charge in [0.1, 0.15) is 5.82 Å². The summed E-state index contributed by atoms with van der Waals surface area (Å²) in [6.07, 6.45) is 0.792. The quantitative estimate of drug-likeness (QED) is 0.803. The van der Waals surface area contributed by atoms with Gasteiger partial charge in [0.15, 0.2) is 6.10 Å². The van der Waals surface area contributed by atoms with E-state index in [1.807, 2.05) is 43.3 Å². The first-order valence-corrected chi connectivity index (χ1v) is 8.46. The number of carbonyl (C=O) groups excluding carboxylic acids is 1. The van der Waals surface area contributed by atoms with Crippen molar-refractivity contribution in [2.75, 3.05) is 6.54 Å². The molecule has 0 saturated carbocycles. The Morgan fingerprint density at radius 1 is 1.24 bits per heavy atom. The van der Waals surface area contributed by atoms with E-state index in [9.17, 15) is 9.18 Å².